The summed E-state index contributed by atoms with van der Waals surface area (Å²) in [6.45, 7) is 7.96. The van der Waals surface area contributed by atoms with Crippen LogP contribution in [0.25, 0.3) is 6.08 Å². The molecule has 1 fully saturated rings. The molecule has 0 radical (unpaired) electrons. The summed E-state index contributed by atoms with van der Waals surface area (Å²) in [5.74, 6) is -0.131. The Morgan fingerprint density at radius 2 is 1.87 bits per heavy atom. The number of benzene rings is 2. The normalized spacial score (nSPS) is 15.5. The maximum atomic E-state index is 12.9. The van der Waals surface area contributed by atoms with Gasteiger partial charge < -0.3 is 9.47 Å². The first-order valence-corrected chi connectivity index (χ1v) is 10.6. The maximum absolute atomic E-state index is 12.9. The molecule has 0 aromatic heterocycles. The summed E-state index contributed by atoms with van der Waals surface area (Å²) in [6.07, 6.45) is 1.49. The van der Waals surface area contributed by atoms with E-state index < -0.39 is 17.4 Å². The van der Waals surface area contributed by atoms with E-state index in [1.54, 1.807) is 30.3 Å². The zero-order valence-electron chi connectivity index (χ0n) is 17.1. The first-order valence-electron chi connectivity index (χ1n) is 9.38. The van der Waals surface area contributed by atoms with Crippen molar-refractivity contribution in [3.05, 3.63) is 57.0 Å². The van der Waals surface area contributed by atoms with E-state index in [4.69, 9.17) is 21.1 Å². The molecule has 158 valence electrons. The molecule has 0 saturated carbocycles. The molecule has 8 heteroatoms. The summed E-state index contributed by atoms with van der Waals surface area (Å²) >= 11 is 10.0. The van der Waals surface area contributed by atoms with Crippen molar-refractivity contribution in [2.24, 2.45) is 0 Å². The van der Waals surface area contributed by atoms with Gasteiger partial charge in [0.25, 0.3) is 11.8 Å². The third-order valence-electron chi connectivity index (χ3n) is 4.07. The monoisotopic (exact) mass is 492 g/mol. The Morgan fingerprint density at radius 3 is 2.47 bits per heavy atom. The fraction of sp³-hybridized carbons (Fsp3) is 0.273. The Bertz CT molecular complexity index is 1020. The van der Waals surface area contributed by atoms with Crippen LogP contribution in [0.15, 0.2) is 46.4 Å². The van der Waals surface area contributed by atoms with E-state index in [0.717, 1.165) is 0 Å². The SMILES string of the molecule is CCOc1cc(C=C2C(=O)NN(c3ccccc3)C2=O)c(Br)c(Cl)c1OC(C)(C)C. The van der Waals surface area contributed by atoms with Gasteiger partial charge in [-0.1, -0.05) is 29.8 Å². The molecular formula is C22H22BrClN2O4. The molecule has 2 aromatic carbocycles. The lowest BCUT2D eigenvalue weighted by atomic mass is 10.1. The smallest absolute Gasteiger partial charge is 0.282 e. The Morgan fingerprint density at radius 1 is 1.20 bits per heavy atom. The van der Waals surface area contributed by atoms with Crippen molar-refractivity contribution < 1.29 is 19.1 Å². The Kier molecular flexibility index (Phi) is 6.43. The van der Waals surface area contributed by atoms with E-state index in [9.17, 15) is 9.59 Å². The fourth-order valence-electron chi connectivity index (χ4n) is 2.85. The lowest BCUT2D eigenvalue weighted by Crippen LogP contribution is -2.35. The lowest BCUT2D eigenvalue weighted by molar-refractivity contribution is -0.117. The molecule has 1 aliphatic heterocycles. The van der Waals surface area contributed by atoms with Crippen molar-refractivity contribution in [1.82, 2.24) is 5.43 Å². The number of rotatable bonds is 5. The molecule has 1 N–H and O–H groups in total. The van der Waals surface area contributed by atoms with E-state index in [2.05, 4.69) is 21.4 Å². The molecule has 0 atom stereocenters. The highest BCUT2D eigenvalue weighted by atomic mass is 79.9. The molecule has 0 spiro atoms. The third-order valence-corrected chi connectivity index (χ3v) is 5.51. The molecule has 0 aliphatic carbocycles. The summed E-state index contributed by atoms with van der Waals surface area (Å²) in [4.78, 5) is 25.3. The van der Waals surface area contributed by atoms with Crippen molar-refractivity contribution >= 4 is 51.1 Å². The van der Waals surface area contributed by atoms with Gasteiger partial charge in [0.05, 0.1) is 12.3 Å². The van der Waals surface area contributed by atoms with Crippen molar-refractivity contribution in [1.29, 1.82) is 0 Å². The number of anilines is 1. The van der Waals surface area contributed by atoms with Crippen LogP contribution < -0.4 is 19.9 Å². The van der Waals surface area contributed by atoms with E-state index in [1.807, 2.05) is 33.8 Å². The predicted octanol–water partition coefficient (Wildman–Crippen LogP) is 5.14. The highest BCUT2D eigenvalue weighted by Gasteiger charge is 2.35. The van der Waals surface area contributed by atoms with Gasteiger partial charge in [0, 0.05) is 4.47 Å². The quantitative estimate of drug-likeness (QED) is 0.463. The van der Waals surface area contributed by atoms with Gasteiger partial charge in [-0.25, -0.2) is 5.01 Å². The molecule has 1 aliphatic rings. The predicted molar refractivity (Wildman–Crippen MR) is 121 cm³/mol. The number of halogens is 2. The molecule has 0 unspecified atom stereocenters. The summed E-state index contributed by atoms with van der Waals surface area (Å²) in [6, 6.07) is 10.6. The number of amides is 2. The highest BCUT2D eigenvalue weighted by molar-refractivity contribution is 9.10. The van der Waals surface area contributed by atoms with Gasteiger partial charge in [0.2, 0.25) is 0 Å². The summed E-state index contributed by atoms with van der Waals surface area (Å²) in [7, 11) is 0. The first kappa shape index (κ1) is 22.2. The van der Waals surface area contributed by atoms with Crippen LogP contribution in [0.3, 0.4) is 0 Å². The third kappa shape index (κ3) is 4.63. The Balaban J connectivity index is 2.04. The highest BCUT2D eigenvalue weighted by Crippen LogP contribution is 2.45. The van der Waals surface area contributed by atoms with E-state index in [-0.39, 0.29) is 5.57 Å². The van der Waals surface area contributed by atoms with Crippen molar-refractivity contribution in [3.8, 4) is 11.5 Å². The summed E-state index contributed by atoms with van der Waals surface area (Å²) in [5.41, 5.74) is 3.17. The molecule has 2 aromatic rings. The van der Waals surface area contributed by atoms with Crippen LogP contribution in [0, 0.1) is 0 Å². The zero-order valence-corrected chi connectivity index (χ0v) is 19.4. The van der Waals surface area contributed by atoms with Crippen LogP contribution in [-0.2, 0) is 9.59 Å². The van der Waals surface area contributed by atoms with Gasteiger partial charge in [-0.2, -0.15) is 0 Å². The number of hydrogen-bond acceptors (Lipinski definition) is 4. The van der Waals surface area contributed by atoms with Gasteiger partial charge in [0.15, 0.2) is 11.5 Å². The topological polar surface area (TPSA) is 67.9 Å². The van der Waals surface area contributed by atoms with Crippen LogP contribution >= 0.6 is 27.5 Å². The first-order chi connectivity index (χ1) is 14.1. The van der Waals surface area contributed by atoms with Gasteiger partial charge in [-0.3, -0.25) is 15.0 Å². The van der Waals surface area contributed by atoms with Crippen molar-refractivity contribution in [2.45, 2.75) is 33.3 Å². The average molecular weight is 494 g/mol. The van der Waals surface area contributed by atoms with Crippen LogP contribution in [0.2, 0.25) is 5.02 Å². The summed E-state index contributed by atoms with van der Waals surface area (Å²) < 4.78 is 12.2. The molecule has 1 heterocycles. The molecule has 30 heavy (non-hydrogen) atoms. The molecule has 6 nitrogen and oxygen atoms in total. The number of carbonyl (C=O) groups is 2. The van der Waals surface area contributed by atoms with Crippen molar-refractivity contribution in [2.75, 3.05) is 11.6 Å². The van der Waals surface area contributed by atoms with Crippen LogP contribution in [-0.4, -0.2) is 24.0 Å². The number of hydrogen-bond donors (Lipinski definition) is 1. The Hall–Kier alpha value is -2.51. The largest absolute Gasteiger partial charge is 0.490 e. The molecule has 0 bridgehead atoms. The number of ether oxygens (including phenoxy) is 2. The number of nitrogens with zero attached hydrogens (tertiary/aromatic N) is 1. The molecule has 2 amide bonds. The van der Waals surface area contributed by atoms with Crippen LogP contribution in [0.4, 0.5) is 5.69 Å². The van der Waals surface area contributed by atoms with Crippen molar-refractivity contribution in [3.63, 3.8) is 0 Å². The lowest BCUT2D eigenvalue weighted by Gasteiger charge is -2.25. The van der Waals surface area contributed by atoms with Crippen LogP contribution in [0.5, 0.6) is 11.5 Å². The number of nitrogens with one attached hydrogen (secondary N) is 1. The van der Waals surface area contributed by atoms with E-state index in [0.29, 0.717) is 38.9 Å². The fourth-order valence-corrected chi connectivity index (χ4v) is 3.50. The maximum Gasteiger partial charge on any atom is 0.282 e. The number of carbonyl (C=O) groups excluding carboxylic acids is 2. The average Bonchev–Trinajstić information content (AvgIpc) is 2.97. The second kappa shape index (κ2) is 8.70. The molecule has 1 saturated heterocycles. The minimum Gasteiger partial charge on any atom is -0.490 e. The molecular weight excluding hydrogens is 472 g/mol. The zero-order chi connectivity index (χ0) is 22.1. The minimum absolute atomic E-state index is 0.0115. The Labute approximate surface area is 188 Å². The van der Waals surface area contributed by atoms with Gasteiger partial charge >= 0.3 is 0 Å². The second-order valence-electron chi connectivity index (χ2n) is 7.54. The van der Waals surface area contributed by atoms with E-state index in [1.165, 1.54) is 11.1 Å². The number of hydrazine groups is 1. The minimum atomic E-state index is -0.500. The second-order valence-corrected chi connectivity index (χ2v) is 8.71. The molecule has 3 rings (SSSR count). The summed E-state index contributed by atoms with van der Waals surface area (Å²) in [5, 5.41) is 1.51. The standard InChI is InChI=1S/C22H22BrClN2O4/c1-5-29-16-12-13(17(23)18(24)19(16)30-22(2,3)4)11-15-20(27)25-26(21(15)28)14-9-7-6-8-10-14/h6-12H,5H2,1-4H3,(H,25,27). The van der Waals surface area contributed by atoms with E-state index >= 15 is 0 Å². The van der Waals surface area contributed by atoms with Gasteiger partial charge in [0.1, 0.15) is 16.2 Å². The number of para-hydroxylation sites is 1. The van der Waals surface area contributed by atoms with Gasteiger partial charge in [-0.05, 0) is 73.5 Å². The van der Waals surface area contributed by atoms with Crippen LogP contribution in [0.1, 0.15) is 33.3 Å². The van der Waals surface area contributed by atoms with Gasteiger partial charge in [-0.15, -0.1) is 0 Å².